The van der Waals surface area contributed by atoms with E-state index in [1.54, 1.807) is 0 Å². The Hall–Kier alpha value is -1.34. The molecule has 1 atom stereocenters. The topological polar surface area (TPSA) is 90.9 Å². The molecule has 1 rings (SSSR count). The van der Waals surface area contributed by atoms with E-state index in [-0.39, 0.29) is 0 Å². The quantitative estimate of drug-likeness (QED) is 0.557. The Morgan fingerprint density at radius 3 is 2.65 bits per heavy atom. The van der Waals surface area contributed by atoms with Gasteiger partial charge in [0.2, 0.25) is 0 Å². The molecule has 0 aromatic rings. The lowest BCUT2D eigenvalue weighted by molar-refractivity contribution is -0.139. The van der Waals surface area contributed by atoms with E-state index in [9.17, 15) is 9.59 Å². The fourth-order valence-corrected chi connectivity index (χ4v) is 2.08. The second kappa shape index (κ2) is 9.55. The van der Waals surface area contributed by atoms with Crippen LogP contribution in [0.25, 0.3) is 0 Å². The number of carboxylic acids is 1. The predicted octanol–water partition coefficient (Wildman–Crippen LogP) is 0.261. The summed E-state index contributed by atoms with van der Waals surface area (Å²) in [6.45, 7) is 6.75. The molecule has 1 fully saturated rings. The summed E-state index contributed by atoms with van der Waals surface area (Å²) in [6.07, 6.45) is 2.00. The van der Waals surface area contributed by atoms with Gasteiger partial charge >= 0.3 is 12.0 Å². The minimum Gasteiger partial charge on any atom is -0.480 e. The molecule has 0 aromatic carbocycles. The number of hydrogen-bond donors (Lipinski definition) is 3. The van der Waals surface area contributed by atoms with Crippen molar-refractivity contribution in [2.75, 3.05) is 39.4 Å². The first-order chi connectivity index (χ1) is 9.63. The Morgan fingerprint density at radius 1 is 1.35 bits per heavy atom. The summed E-state index contributed by atoms with van der Waals surface area (Å²) in [4.78, 5) is 24.8. The second-order valence-corrected chi connectivity index (χ2v) is 4.89. The van der Waals surface area contributed by atoms with Crippen LogP contribution in [0.15, 0.2) is 0 Å². The Labute approximate surface area is 119 Å². The van der Waals surface area contributed by atoms with Gasteiger partial charge in [-0.25, -0.2) is 9.59 Å². The van der Waals surface area contributed by atoms with E-state index >= 15 is 0 Å². The van der Waals surface area contributed by atoms with Crippen LogP contribution in [-0.2, 0) is 9.53 Å². The van der Waals surface area contributed by atoms with Crippen LogP contribution >= 0.6 is 0 Å². The van der Waals surface area contributed by atoms with Crippen molar-refractivity contribution < 1.29 is 19.4 Å². The van der Waals surface area contributed by atoms with Gasteiger partial charge < -0.3 is 20.5 Å². The molecule has 116 valence electrons. The zero-order valence-corrected chi connectivity index (χ0v) is 12.1. The average molecular weight is 287 g/mol. The van der Waals surface area contributed by atoms with Crippen LogP contribution in [0.3, 0.4) is 0 Å². The van der Waals surface area contributed by atoms with E-state index in [1.807, 2.05) is 6.92 Å². The molecular formula is C13H25N3O4. The van der Waals surface area contributed by atoms with Crippen molar-refractivity contribution in [3.8, 4) is 0 Å². The largest absolute Gasteiger partial charge is 0.480 e. The number of carboxylic acid groups (broad SMARTS) is 1. The number of aliphatic carboxylic acids is 1. The molecule has 1 heterocycles. The highest BCUT2D eigenvalue weighted by Crippen LogP contribution is 1.98. The highest BCUT2D eigenvalue weighted by molar-refractivity contribution is 5.82. The summed E-state index contributed by atoms with van der Waals surface area (Å²) in [6, 6.07) is -1.22. The first-order valence-electron chi connectivity index (χ1n) is 7.20. The SMILES string of the molecule is CCCC(NC(=O)NCCCN1CCOCC1)C(=O)O. The van der Waals surface area contributed by atoms with Gasteiger partial charge in [0.1, 0.15) is 6.04 Å². The third-order valence-corrected chi connectivity index (χ3v) is 3.22. The lowest BCUT2D eigenvalue weighted by Crippen LogP contribution is -2.46. The smallest absolute Gasteiger partial charge is 0.326 e. The zero-order chi connectivity index (χ0) is 14.8. The molecule has 1 aliphatic heterocycles. The van der Waals surface area contributed by atoms with E-state index in [0.29, 0.717) is 19.4 Å². The third kappa shape index (κ3) is 6.72. The molecule has 1 saturated heterocycles. The van der Waals surface area contributed by atoms with Crippen molar-refractivity contribution in [3.63, 3.8) is 0 Å². The van der Waals surface area contributed by atoms with Crippen molar-refractivity contribution in [1.82, 2.24) is 15.5 Å². The lowest BCUT2D eigenvalue weighted by atomic mass is 10.2. The Morgan fingerprint density at radius 2 is 2.05 bits per heavy atom. The summed E-state index contributed by atoms with van der Waals surface area (Å²) in [5.41, 5.74) is 0. The maximum atomic E-state index is 11.6. The number of amides is 2. The summed E-state index contributed by atoms with van der Waals surface area (Å²) >= 11 is 0. The van der Waals surface area contributed by atoms with Crippen LogP contribution in [0.2, 0.25) is 0 Å². The number of hydrogen-bond acceptors (Lipinski definition) is 4. The van der Waals surface area contributed by atoms with Crippen molar-refractivity contribution >= 4 is 12.0 Å². The normalized spacial score (nSPS) is 17.4. The first kappa shape index (κ1) is 16.7. The number of urea groups is 1. The van der Waals surface area contributed by atoms with Gasteiger partial charge in [-0.05, 0) is 19.4 Å². The molecule has 0 bridgehead atoms. The molecule has 0 saturated carbocycles. The molecule has 20 heavy (non-hydrogen) atoms. The minimum absolute atomic E-state index is 0.409. The molecule has 2 amide bonds. The number of rotatable bonds is 8. The molecule has 1 unspecified atom stereocenters. The molecule has 3 N–H and O–H groups in total. The van der Waals surface area contributed by atoms with Gasteiger partial charge in [0, 0.05) is 19.6 Å². The number of carbonyl (C=O) groups is 2. The fourth-order valence-electron chi connectivity index (χ4n) is 2.08. The van der Waals surface area contributed by atoms with Gasteiger partial charge in [-0.3, -0.25) is 4.90 Å². The van der Waals surface area contributed by atoms with Crippen molar-refractivity contribution in [1.29, 1.82) is 0 Å². The molecule has 7 nitrogen and oxygen atoms in total. The maximum absolute atomic E-state index is 11.6. The molecule has 1 aliphatic rings. The first-order valence-corrected chi connectivity index (χ1v) is 7.20. The van der Waals surface area contributed by atoms with Crippen molar-refractivity contribution in [3.05, 3.63) is 0 Å². The minimum atomic E-state index is -0.990. The van der Waals surface area contributed by atoms with E-state index < -0.39 is 18.0 Å². The number of carbonyl (C=O) groups excluding carboxylic acids is 1. The lowest BCUT2D eigenvalue weighted by Gasteiger charge is -2.26. The number of morpholine rings is 1. The molecule has 7 heteroatoms. The van der Waals surface area contributed by atoms with Gasteiger partial charge in [0.25, 0.3) is 0 Å². The molecule has 0 spiro atoms. The summed E-state index contributed by atoms with van der Waals surface area (Å²) in [7, 11) is 0. The van der Waals surface area contributed by atoms with E-state index in [4.69, 9.17) is 9.84 Å². The Bertz CT molecular complexity index is 306. The maximum Gasteiger partial charge on any atom is 0.326 e. The molecule has 0 aliphatic carbocycles. The van der Waals surface area contributed by atoms with Crippen molar-refractivity contribution in [2.24, 2.45) is 0 Å². The number of nitrogens with zero attached hydrogens (tertiary/aromatic N) is 1. The monoisotopic (exact) mass is 287 g/mol. The van der Waals surface area contributed by atoms with Gasteiger partial charge in [-0.2, -0.15) is 0 Å². The molecule has 0 aromatic heterocycles. The van der Waals surface area contributed by atoms with E-state index in [0.717, 1.165) is 39.3 Å². The fraction of sp³-hybridized carbons (Fsp3) is 0.846. The van der Waals surface area contributed by atoms with Crippen LogP contribution in [-0.4, -0.2) is 67.4 Å². The molecular weight excluding hydrogens is 262 g/mol. The van der Waals surface area contributed by atoms with E-state index in [2.05, 4.69) is 15.5 Å². The molecule has 0 radical (unpaired) electrons. The number of ether oxygens (including phenoxy) is 1. The van der Waals surface area contributed by atoms with Gasteiger partial charge in [-0.1, -0.05) is 13.3 Å². The van der Waals surface area contributed by atoms with Gasteiger partial charge in [-0.15, -0.1) is 0 Å². The average Bonchev–Trinajstić information content (AvgIpc) is 2.44. The van der Waals surface area contributed by atoms with Crippen LogP contribution in [0.4, 0.5) is 4.79 Å². The Balaban J connectivity index is 2.10. The van der Waals surface area contributed by atoms with Gasteiger partial charge in [0.15, 0.2) is 0 Å². The summed E-state index contributed by atoms with van der Waals surface area (Å²) in [5.74, 6) is -0.990. The highest BCUT2D eigenvalue weighted by atomic mass is 16.5. The second-order valence-electron chi connectivity index (χ2n) is 4.89. The summed E-state index contributed by atoms with van der Waals surface area (Å²) in [5, 5.41) is 14.1. The standard InChI is InChI=1S/C13H25N3O4/c1-2-4-11(12(17)18)15-13(19)14-5-3-6-16-7-9-20-10-8-16/h11H,2-10H2,1H3,(H,17,18)(H2,14,15,19). The van der Waals surface area contributed by atoms with Crippen LogP contribution < -0.4 is 10.6 Å². The highest BCUT2D eigenvalue weighted by Gasteiger charge is 2.18. The predicted molar refractivity (Wildman–Crippen MR) is 74.7 cm³/mol. The van der Waals surface area contributed by atoms with Crippen molar-refractivity contribution in [2.45, 2.75) is 32.2 Å². The van der Waals surface area contributed by atoms with Crippen LogP contribution in [0, 0.1) is 0 Å². The van der Waals surface area contributed by atoms with E-state index in [1.165, 1.54) is 0 Å². The van der Waals surface area contributed by atoms with Crippen LogP contribution in [0.5, 0.6) is 0 Å². The van der Waals surface area contributed by atoms with Crippen LogP contribution in [0.1, 0.15) is 26.2 Å². The third-order valence-electron chi connectivity index (χ3n) is 3.22. The number of nitrogens with one attached hydrogen (secondary N) is 2. The Kier molecular flexibility index (Phi) is 7.98. The summed E-state index contributed by atoms with van der Waals surface area (Å²) < 4.78 is 5.26. The van der Waals surface area contributed by atoms with Gasteiger partial charge in [0.05, 0.1) is 13.2 Å². The zero-order valence-electron chi connectivity index (χ0n) is 12.1.